The summed E-state index contributed by atoms with van der Waals surface area (Å²) in [6.07, 6.45) is -0.0111. The van der Waals surface area contributed by atoms with Gasteiger partial charge >= 0.3 is 6.09 Å². The van der Waals surface area contributed by atoms with Crippen LogP contribution >= 0.6 is 12.2 Å². The summed E-state index contributed by atoms with van der Waals surface area (Å²) in [7, 11) is 0. The van der Waals surface area contributed by atoms with Gasteiger partial charge in [-0.25, -0.2) is 9.18 Å². The molecule has 2 heterocycles. The number of cyclic esters (lactones) is 1. The summed E-state index contributed by atoms with van der Waals surface area (Å²) in [6, 6.07) is 22.8. The van der Waals surface area contributed by atoms with Gasteiger partial charge in [-0.1, -0.05) is 42.5 Å². The highest BCUT2D eigenvalue weighted by atomic mass is 32.1. The maximum atomic E-state index is 15.1. The molecule has 1 saturated heterocycles. The number of rotatable bonds is 5. The molecule has 6 nitrogen and oxygen atoms in total. The van der Waals surface area contributed by atoms with Crippen LogP contribution in [0.4, 0.5) is 26.2 Å². The molecule has 0 bridgehead atoms. The Hall–Kier alpha value is -3.65. The molecular weight excluding hydrogens is 451 g/mol. The summed E-state index contributed by atoms with van der Waals surface area (Å²) in [5.41, 5.74) is 4.43. The van der Waals surface area contributed by atoms with Gasteiger partial charge in [-0.05, 0) is 60.1 Å². The van der Waals surface area contributed by atoms with Gasteiger partial charge in [0.05, 0.1) is 24.5 Å². The number of carbonyl (C=O) groups is 1. The van der Waals surface area contributed by atoms with Gasteiger partial charge in [0, 0.05) is 18.8 Å². The van der Waals surface area contributed by atoms with Gasteiger partial charge in [0.2, 0.25) is 0 Å². The van der Waals surface area contributed by atoms with E-state index in [2.05, 4.69) is 22.8 Å². The standard InChI is InChI=1S/C26H25FN4O2S/c27-23-14-21(10-11-24(23)30-13-12-18-6-4-5-7-19(18)16-30)31-17-22(33-26(31)32)15-28-25(34)29-20-8-2-1-3-9-20/h1-11,14,22H,12-13,15-17H2,(H2,28,29,34)/t22-/m1/s1. The average molecular weight is 477 g/mol. The topological polar surface area (TPSA) is 56.8 Å². The van der Waals surface area contributed by atoms with Crippen LogP contribution < -0.4 is 20.4 Å². The zero-order valence-electron chi connectivity index (χ0n) is 18.5. The molecule has 0 unspecified atom stereocenters. The number of hydrogen-bond acceptors (Lipinski definition) is 4. The molecule has 3 aromatic carbocycles. The number of nitrogens with one attached hydrogen (secondary N) is 2. The molecule has 8 heteroatoms. The van der Waals surface area contributed by atoms with Gasteiger partial charge in [-0.3, -0.25) is 4.90 Å². The monoisotopic (exact) mass is 476 g/mol. The summed E-state index contributed by atoms with van der Waals surface area (Å²) in [4.78, 5) is 15.9. The minimum Gasteiger partial charge on any atom is -0.442 e. The molecule has 0 radical (unpaired) electrons. The fourth-order valence-corrected chi connectivity index (χ4v) is 4.56. The van der Waals surface area contributed by atoms with Gasteiger partial charge in [-0.15, -0.1) is 0 Å². The molecule has 34 heavy (non-hydrogen) atoms. The van der Waals surface area contributed by atoms with Crippen LogP contribution in [-0.4, -0.2) is 36.9 Å². The third kappa shape index (κ3) is 4.82. The van der Waals surface area contributed by atoms with Crippen molar-refractivity contribution in [3.63, 3.8) is 0 Å². The number of para-hydroxylation sites is 1. The first-order valence-corrected chi connectivity index (χ1v) is 11.7. The van der Waals surface area contributed by atoms with E-state index in [1.54, 1.807) is 12.1 Å². The van der Waals surface area contributed by atoms with E-state index in [0.717, 1.165) is 18.7 Å². The van der Waals surface area contributed by atoms with E-state index in [4.69, 9.17) is 17.0 Å². The summed E-state index contributed by atoms with van der Waals surface area (Å²) in [5, 5.41) is 6.60. The lowest BCUT2D eigenvalue weighted by Gasteiger charge is -2.31. The van der Waals surface area contributed by atoms with Crippen molar-refractivity contribution >= 4 is 40.5 Å². The minimum atomic E-state index is -0.493. The molecule has 2 aliphatic rings. The molecule has 1 atom stereocenters. The molecule has 0 spiro atoms. The van der Waals surface area contributed by atoms with E-state index in [0.29, 0.717) is 36.1 Å². The number of fused-ring (bicyclic) bond motifs is 1. The Morgan fingerprint density at radius 1 is 1.06 bits per heavy atom. The van der Waals surface area contributed by atoms with Gasteiger partial charge in [0.25, 0.3) is 0 Å². The normalized spacial score (nSPS) is 17.2. The Balaban J connectivity index is 1.19. The lowest BCUT2D eigenvalue weighted by atomic mass is 9.99. The minimum absolute atomic E-state index is 0.315. The lowest BCUT2D eigenvalue weighted by Crippen LogP contribution is -2.37. The van der Waals surface area contributed by atoms with Gasteiger partial charge in [0.15, 0.2) is 5.11 Å². The van der Waals surface area contributed by atoms with Gasteiger partial charge in [0.1, 0.15) is 11.9 Å². The molecule has 174 valence electrons. The number of halogens is 1. The highest BCUT2D eigenvalue weighted by Crippen LogP contribution is 2.31. The second-order valence-corrected chi connectivity index (χ2v) is 8.80. The fourth-order valence-electron chi connectivity index (χ4n) is 4.36. The molecule has 3 aromatic rings. The second-order valence-electron chi connectivity index (χ2n) is 8.39. The molecular formula is C26H25FN4O2S. The molecule has 1 amide bonds. The number of carbonyl (C=O) groups excluding carboxylic acids is 1. The number of nitrogens with zero attached hydrogens (tertiary/aromatic N) is 2. The van der Waals surface area contributed by atoms with Crippen LogP contribution in [0.3, 0.4) is 0 Å². The van der Waals surface area contributed by atoms with E-state index in [1.807, 2.05) is 47.4 Å². The van der Waals surface area contributed by atoms with E-state index < -0.39 is 12.2 Å². The van der Waals surface area contributed by atoms with Crippen LogP contribution in [0.5, 0.6) is 0 Å². The van der Waals surface area contributed by atoms with Crippen molar-refractivity contribution in [3.8, 4) is 0 Å². The van der Waals surface area contributed by atoms with Crippen molar-refractivity contribution in [2.45, 2.75) is 19.1 Å². The number of amides is 1. The van der Waals surface area contributed by atoms with Gasteiger partial charge in [-0.2, -0.15) is 0 Å². The average Bonchev–Trinajstić information content (AvgIpc) is 3.23. The van der Waals surface area contributed by atoms with Crippen LogP contribution in [0.1, 0.15) is 11.1 Å². The number of thiocarbonyl (C=S) groups is 1. The van der Waals surface area contributed by atoms with E-state index >= 15 is 4.39 Å². The Labute approximate surface area is 203 Å². The van der Waals surface area contributed by atoms with Crippen molar-refractivity contribution < 1.29 is 13.9 Å². The first-order valence-electron chi connectivity index (χ1n) is 11.3. The third-order valence-corrected chi connectivity index (χ3v) is 6.36. The molecule has 1 fully saturated rings. The zero-order chi connectivity index (χ0) is 23.5. The molecule has 0 saturated carbocycles. The van der Waals surface area contributed by atoms with E-state index in [9.17, 15) is 4.79 Å². The van der Waals surface area contributed by atoms with Crippen LogP contribution in [0.15, 0.2) is 72.8 Å². The number of anilines is 3. The van der Waals surface area contributed by atoms with Crippen molar-refractivity contribution in [1.82, 2.24) is 5.32 Å². The quantitative estimate of drug-likeness (QED) is 0.521. The summed E-state index contributed by atoms with van der Waals surface area (Å²) in [5.74, 6) is -0.348. The first-order chi connectivity index (χ1) is 16.6. The van der Waals surface area contributed by atoms with Crippen molar-refractivity contribution in [3.05, 3.63) is 89.7 Å². The summed E-state index contributed by atoms with van der Waals surface area (Å²) in [6.45, 7) is 2.09. The molecule has 0 aromatic heterocycles. The molecule has 2 N–H and O–H groups in total. The third-order valence-electron chi connectivity index (χ3n) is 6.11. The van der Waals surface area contributed by atoms with E-state index in [-0.39, 0.29) is 5.82 Å². The summed E-state index contributed by atoms with van der Waals surface area (Å²) >= 11 is 5.31. The molecule has 0 aliphatic carbocycles. The Bertz CT molecular complexity index is 1210. The fraction of sp³-hybridized carbons (Fsp3) is 0.231. The van der Waals surface area contributed by atoms with Crippen LogP contribution in [0.25, 0.3) is 0 Å². The number of ether oxygens (including phenoxy) is 1. The predicted octanol–water partition coefficient (Wildman–Crippen LogP) is 4.70. The van der Waals surface area contributed by atoms with Crippen LogP contribution in [0, 0.1) is 5.82 Å². The second kappa shape index (κ2) is 9.69. The van der Waals surface area contributed by atoms with Crippen LogP contribution in [-0.2, 0) is 17.7 Å². The maximum Gasteiger partial charge on any atom is 0.414 e. The molecule has 2 aliphatic heterocycles. The smallest absolute Gasteiger partial charge is 0.414 e. The highest BCUT2D eigenvalue weighted by molar-refractivity contribution is 7.80. The van der Waals surface area contributed by atoms with Crippen molar-refractivity contribution in [2.24, 2.45) is 0 Å². The Morgan fingerprint density at radius 3 is 2.62 bits per heavy atom. The molecule has 5 rings (SSSR count). The maximum absolute atomic E-state index is 15.1. The number of hydrogen-bond donors (Lipinski definition) is 2. The Morgan fingerprint density at radius 2 is 1.82 bits per heavy atom. The number of benzene rings is 3. The Kier molecular flexibility index (Phi) is 6.31. The van der Waals surface area contributed by atoms with Crippen LogP contribution in [0.2, 0.25) is 0 Å². The predicted molar refractivity (Wildman–Crippen MR) is 136 cm³/mol. The largest absolute Gasteiger partial charge is 0.442 e. The van der Waals surface area contributed by atoms with E-state index in [1.165, 1.54) is 22.1 Å². The first kappa shape index (κ1) is 22.2. The van der Waals surface area contributed by atoms with Gasteiger partial charge < -0.3 is 20.3 Å². The highest BCUT2D eigenvalue weighted by Gasteiger charge is 2.33. The van der Waals surface area contributed by atoms with Crippen molar-refractivity contribution in [1.29, 1.82) is 0 Å². The lowest BCUT2D eigenvalue weighted by molar-refractivity contribution is 0.143. The summed E-state index contributed by atoms with van der Waals surface area (Å²) < 4.78 is 20.5. The SMILES string of the molecule is O=C1O[C@H](CNC(=S)Nc2ccccc2)CN1c1ccc(N2CCc3ccccc3C2)c(F)c1. The zero-order valence-corrected chi connectivity index (χ0v) is 19.4. The van der Waals surface area contributed by atoms with Crippen molar-refractivity contribution in [2.75, 3.05) is 34.8 Å².